The third kappa shape index (κ3) is 4.49. The number of ether oxygens (including phenoxy) is 1. The molecule has 1 aromatic carbocycles. The van der Waals surface area contributed by atoms with Crippen LogP contribution in [0.3, 0.4) is 0 Å². The molecule has 0 saturated heterocycles. The lowest BCUT2D eigenvalue weighted by Crippen LogP contribution is -2.36. The maximum Gasteiger partial charge on any atom is 0.416 e. The zero-order chi connectivity index (χ0) is 16.2. The van der Waals surface area contributed by atoms with Crippen LogP contribution < -0.4 is 10.1 Å². The molecule has 120 valence electrons. The number of aliphatic hydroxyl groups excluding tert-OH is 1. The van der Waals surface area contributed by atoms with E-state index in [1.54, 1.807) is 6.08 Å². The normalized spacial score (nSPS) is 20.9. The van der Waals surface area contributed by atoms with E-state index in [-0.39, 0.29) is 36.8 Å². The standard InChI is InChI=1S/C15H16F3NO3/c16-15(17,18)11-2-5-13(6-3-11)22-9-14(21)19-12-4-1-10(7-12)8-20/h1-6,10,12,20H,7-9H2,(H,19,21)/t10-,12+/m0/s1. The van der Waals surface area contributed by atoms with Crippen LogP contribution in [0.2, 0.25) is 0 Å². The summed E-state index contributed by atoms with van der Waals surface area (Å²) in [5.74, 6) is -0.132. The van der Waals surface area contributed by atoms with E-state index in [0.29, 0.717) is 6.42 Å². The quantitative estimate of drug-likeness (QED) is 0.819. The van der Waals surface area contributed by atoms with Crippen molar-refractivity contribution in [1.29, 1.82) is 0 Å². The number of amides is 1. The van der Waals surface area contributed by atoms with Crippen LogP contribution in [0.25, 0.3) is 0 Å². The predicted octanol–water partition coefficient (Wildman–Crippen LogP) is 2.14. The van der Waals surface area contributed by atoms with Crippen LogP contribution in [0.5, 0.6) is 5.75 Å². The molecule has 0 aromatic heterocycles. The van der Waals surface area contributed by atoms with E-state index in [9.17, 15) is 18.0 Å². The van der Waals surface area contributed by atoms with Crippen molar-refractivity contribution in [2.45, 2.75) is 18.6 Å². The molecule has 0 heterocycles. The number of halogens is 3. The Morgan fingerprint density at radius 3 is 2.50 bits per heavy atom. The Bertz CT molecular complexity index is 540. The zero-order valence-corrected chi connectivity index (χ0v) is 11.6. The molecule has 7 heteroatoms. The summed E-state index contributed by atoms with van der Waals surface area (Å²) >= 11 is 0. The third-order valence-electron chi connectivity index (χ3n) is 3.30. The monoisotopic (exact) mass is 315 g/mol. The number of benzene rings is 1. The predicted molar refractivity (Wildman–Crippen MR) is 73.2 cm³/mol. The lowest BCUT2D eigenvalue weighted by atomic mass is 10.1. The number of nitrogens with one attached hydrogen (secondary N) is 1. The van der Waals surface area contributed by atoms with E-state index < -0.39 is 11.7 Å². The molecule has 0 bridgehead atoms. The molecule has 1 aliphatic carbocycles. The Hall–Kier alpha value is -2.02. The molecule has 0 unspecified atom stereocenters. The molecule has 2 rings (SSSR count). The van der Waals surface area contributed by atoms with Crippen LogP contribution in [0, 0.1) is 5.92 Å². The van der Waals surface area contributed by atoms with Gasteiger partial charge in [-0.3, -0.25) is 4.79 Å². The van der Waals surface area contributed by atoms with Gasteiger partial charge in [-0.05, 0) is 30.7 Å². The highest BCUT2D eigenvalue weighted by Gasteiger charge is 2.30. The van der Waals surface area contributed by atoms with Crippen LogP contribution in [0.15, 0.2) is 36.4 Å². The molecule has 1 aromatic rings. The topological polar surface area (TPSA) is 58.6 Å². The van der Waals surface area contributed by atoms with Gasteiger partial charge in [0.15, 0.2) is 6.61 Å². The van der Waals surface area contributed by atoms with Gasteiger partial charge < -0.3 is 15.2 Å². The fourth-order valence-corrected chi connectivity index (χ4v) is 2.15. The van der Waals surface area contributed by atoms with Crippen LogP contribution in [0.4, 0.5) is 13.2 Å². The van der Waals surface area contributed by atoms with E-state index in [2.05, 4.69) is 5.32 Å². The van der Waals surface area contributed by atoms with E-state index in [1.807, 2.05) is 6.08 Å². The van der Waals surface area contributed by atoms with Crippen molar-refractivity contribution in [3.05, 3.63) is 42.0 Å². The first kappa shape index (κ1) is 16.4. The minimum absolute atomic E-state index is 0.0327. The summed E-state index contributed by atoms with van der Waals surface area (Å²) in [6.07, 6.45) is -0.130. The van der Waals surface area contributed by atoms with Gasteiger partial charge in [-0.15, -0.1) is 0 Å². The average molecular weight is 315 g/mol. The molecule has 0 radical (unpaired) electrons. The Morgan fingerprint density at radius 2 is 1.95 bits per heavy atom. The number of hydrogen-bond acceptors (Lipinski definition) is 3. The number of aliphatic hydroxyl groups is 1. The van der Waals surface area contributed by atoms with E-state index >= 15 is 0 Å². The molecular weight excluding hydrogens is 299 g/mol. The van der Waals surface area contributed by atoms with Crippen molar-refractivity contribution in [3.63, 3.8) is 0 Å². The molecule has 2 atom stereocenters. The zero-order valence-electron chi connectivity index (χ0n) is 11.6. The van der Waals surface area contributed by atoms with Crippen LogP contribution in [0.1, 0.15) is 12.0 Å². The molecule has 4 nitrogen and oxygen atoms in total. The Labute approximate surface area is 125 Å². The highest BCUT2D eigenvalue weighted by Crippen LogP contribution is 2.30. The van der Waals surface area contributed by atoms with Gasteiger partial charge in [0.2, 0.25) is 0 Å². The van der Waals surface area contributed by atoms with Gasteiger partial charge in [0.25, 0.3) is 5.91 Å². The number of carbonyl (C=O) groups excluding carboxylic acids is 1. The highest BCUT2D eigenvalue weighted by atomic mass is 19.4. The number of alkyl halides is 3. The molecular formula is C15H16F3NO3. The first-order valence-electron chi connectivity index (χ1n) is 6.77. The summed E-state index contributed by atoms with van der Waals surface area (Å²) in [5.41, 5.74) is -0.768. The van der Waals surface area contributed by atoms with Crippen LogP contribution in [-0.4, -0.2) is 30.3 Å². The van der Waals surface area contributed by atoms with E-state index in [0.717, 1.165) is 12.1 Å². The van der Waals surface area contributed by atoms with Gasteiger partial charge in [0, 0.05) is 18.6 Å². The minimum atomic E-state index is -4.39. The summed E-state index contributed by atoms with van der Waals surface area (Å²) in [6.45, 7) is -0.246. The molecule has 0 saturated carbocycles. The van der Waals surface area contributed by atoms with Crippen molar-refractivity contribution in [3.8, 4) is 5.75 Å². The van der Waals surface area contributed by atoms with Crippen LogP contribution in [-0.2, 0) is 11.0 Å². The maximum atomic E-state index is 12.4. The van der Waals surface area contributed by atoms with Crippen molar-refractivity contribution in [2.24, 2.45) is 5.92 Å². The van der Waals surface area contributed by atoms with Gasteiger partial charge >= 0.3 is 6.18 Å². The first-order valence-corrected chi connectivity index (χ1v) is 6.77. The Balaban J connectivity index is 1.78. The fourth-order valence-electron chi connectivity index (χ4n) is 2.15. The molecule has 0 fully saturated rings. The number of carbonyl (C=O) groups is 1. The Morgan fingerprint density at radius 1 is 1.27 bits per heavy atom. The second kappa shape index (κ2) is 6.83. The molecule has 1 aliphatic rings. The number of rotatable bonds is 5. The van der Waals surface area contributed by atoms with Crippen LogP contribution >= 0.6 is 0 Å². The van der Waals surface area contributed by atoms with Crippen molar-refractivity contribution >= 4 is 5.91 Å². The summed E-state index contributed by atoms with van der Waals surface area (Å²) in [4.78, 5) is 11.7. The largest absolute Gasteiger partial charge is 0.484 e. The van der Waals surface area contributed by atoms with Crippen molar-refractivity contribution in [2.75, 3.05) is 13.2 Å². The number of hydrogen-bond donors (Lipinski definition) is 2. The van der Waals surface area contributed by atoms with E-state index in [1.165, 1.54) is 12.1 Å². The summed E-state index contributed by atoms with van der Waals surface area (Å²) in [7, 11) is 0. The maximum absolute atomic E-state index is 12.4. The van der Waals surface area contributed by atoms with Gasteiger partial charge in [-0.2, -0.15) is 13.2 Å². The van der Waals surface area contributed by atoms with Crippen molar-refractivity contribution in [1.82, 2.24) is 5.32 Å². The molecule has 22 heavy (non-hydrogen) atoms. The SMILES string of the molecule is O=C(COc1ccc(C(F)(F)F)cc1)N[C@@H]1C=C[C@H](CO)C1. The highest BCUT2D eigenvalue weighted by molar-refractivity contribution is 5.78. The minimum Gasteiger partial charge on any atom is -0.484 e. The smallest absolute Gasteiger partial charge is 0.416 e. The summed E-state index contributed by atoms with van der Waals surface area (Å²) < 4.78 is 42.3. The van der Waals surface area contributed by atoms with Gasteiger partial charge in [-0.25, -0.2) is 0 Å². The van der Waals surface area contributed by atoms with Gasteiger partial charge in [-0.1, -0.05) is 12.2 Å². The molecule has 2 N–H and O–H groups in total. The second-order valence-corrected chi connectivity index (χ2v) is 5.05. The van der Waals surface area contributed by atoms with E-state index in [4.69, 9.17) is 9.84 Å². The average Bonchev–Trinajstić information content (AvgIpc) is 2.92. The molecule has 0 spiro atoms. The third-order valence-corrected chi connectivity index (χ3v) is 3.30. The summed E-state index contributed by atoms with van der Waals surface area (Å²) in [6, 6.07) is 4.00. The molecule has 1 amide bonds. The molecule has 0 aliphatic heterocycles. The Kier molecular flexibility index (Phi) is 5.07. The van der Waals surface area contributed by atoms with Gasteiger partial charge in [0.1, 0.15) is 5.75 Å². The summed E-state index contributed by atoms with van der Waals surface area (Å²) in [5, 5.41) is 11.7. The second-order valence-electron chi connectivity index (χ2n) is 5.05. The fraction of sp³-hybridized carbons (Fsp3) is 0.400. The lowest BCUT2D eigenvalue weighted by Gasteiger charge is -2.13. The first-order chi connectivity index (χ1) is 10.4. The van der Waals surface area contributed by atoms with Gasteiger partial charge in [0.05, 0.1) is 5.56 Å². The lowest BCUT2D eigenvalue weighted by molar-refractivity contribution is -0.137. The van der Waals surface area contributed by atoms with Crippen molar-refractivity contribution < 1.29 is 27.8 Å².